The summed E-state index contributed by atoms with van der Waals surface area (Å²) < 4.78 is 24.3. The molecule has 1 aromatic rings. The first-order valence-electron chi connectivity index (χ1n) is 6.82. The zero-order valence-electron chi connectivity index (χ0n) is 11.3. The molecule has 1 saturated heterocycles. The lowest BCUT2D eigenvalue weighted by Gasteiger charge is -2.29. The van der Waals surface area contributed by atoms with E-state index in [1.807, 2.05) is 0 Å². The molecule has 3 N–H and O–H groups in total. The van der Waals surface area contributed by atoms with E-state index < -0.39 is 9.84 Å². The van der Waals surface area contributed by atoms with Crippen molar-refractivity contribution in [2.45, 2.75) is 50.3 Å². The molecule has 0 bridgehead atoms. The molecule has 6 heteroatoms. The van der Waals surface area contributed by atoms with Gasteiger partial charge in [0.15, 0.2) is 9.84 Å². The third-order valence-electron chi connectivity index (χ3n) is 3.78. The highest BCUT2D eigenvalue weighted by molar-refractivity contribution is 7.92. The monoisotopic (exact) mass is 302 g/mol. The molecule has 2 heterocycles. The lowest BCUT2D eigenvalue weighted by Crippen LogP contribution is -2.50. The summed E-state index contributed by atoms with van der Waals surface area (Å²) in [6.45, 7) is 2.12. The second-order valence-electron chi connectivity index (χ2n) is 5.10. The van der Waals surface area contributed by atoms with Crippen LogP contribution in [-0.2, 0) is 22.7 Å². The largest absolute Gasteiger partial charge is 0.271 e. The predicted octanol–water partition coefficient (Wildman–Crippen LogP) is 1.65. The molecule has 0 radical (unpaired) electrons. The van der Waals surface area contributed by atoms with E-state index in [0.717, 1.165) is 25.7 Å². The molecular formula is C13H22N2O2S2. The van der Waals surface area contributed by atoms with Gasteiger partial charge in [0.1, 0.15) is 0 Å². The lowest BCUT2D eigenvalue weighted by atomic mass is 10.0. The van der Waals surface area contributed by atoms with Crippen molar-refractivity contribution in [2.75, 3.05) is 5.75 Å². The molecule has 2 rings (SSSR count). The maximum Gasteiger partial charge on any atom is 0.154 e. The van der Waals surface area contributed by atoms with Crippen LogP contribution in [0.15, 0.2) is 12.1 Å². The van der Waals surface area contributed by atoms with Gasteiger partial charge in [-0.3, -0.25) is 11.3 Å². The normalized spacial score (nSPS) is 24.2. The molecule has 4 nitrogen and oxygen atoms in total. The minimum Gasteiger partial charge on any atom is -0.271 e. The SMILES string of the molecule is CCc1ccc(CC(NN)C2CCCCS2(=O)=O)s1. The van der Waals surface area contributed by atoms with Crippen LogP contribution >= 0.6 is 11.3 Å². The van der Waals surface area contributed by atoms with E-state index in [-0.39, 0.29) is 11.3 Å². The van der Waals surface area contributed by atoms with Gasteiger partial charge in [0.05, 0.1) is 11.0 Å². The maximum atomic E-state index is 12.1. The van der Waals surface area contributed by atoms with Crippen LogP contribution in [0.4, 0.5) is 0 Å². The molecule has 1 fully saturated rings. The second kappa shape index (κ2) is 6.35. The topological polar surface area (TPSA) is 72.2 Å². The zero-order chi connectivity index (χ0) is 13.9. The van der Waals surface area contributed by atoms with Gasteiger partial charge in [-0.2, -0.15) is 0 Å². The van der Waals surface area contributed by atoms with E-state index in [0.29, 0.717) is 12.2 Å². The smallest absolute Gasteiger partial charge is 0.154 e. The Hall–Kier alpha value is -0.430. The molecule has 1 aromatic heterocycles. The molecule has 1 aliphatic rings. The average molecular weight is 302 g/mol. The Kier molecular flexibility index (Phi) is 5.00. The van der Waals surface area contributed by atoms with Crippen molar-refractivity contribution in [1.29, 1.82) is 0 Å². The summed E-state index contributed by atoms with van der Waals surface area (Å²) in [7, 11) is -2.99. The number of hydrazine groups is 1. The number of aryl methyl sites for hydroxylation is 1. The minimum absolute atomic E-state index is 0.173. The molecule has 0 aliphatic carbocycles. The van der Waals surface area contributed by atoms with Gasteiger partial charge in [0.2, 0.25) is 0 Å². The first-order chi connectivity index (χ1) is 9.06. The standard InChI is InChI=1S/C13H22N2O2S2/c1-2-10-6-7-11(18-10)9-12(15-14)13-5-3-4-8-19(13,16)17/h6-7,12-13,15H,2-5,8-9,14H2,1H3. The van der Waals surface area contributed by atoms with Crippen LogP contribution in [0.5, 0.6) is 0 Å². The molecule has 0 aromatic carbocycles. The summed E-state index contributed by atoms with van der Waals surface area (Å²) in [6, 6.07) is 4.03. The summed E-state index contributed by atoms with van der Waals surface area (Å²) in [5.41, 5.74) is 2.73. The number of hydrogen-bond donors (Lipinski definition) is 2. The fourth-order valence-electron chi connectivity index (χ4n) is 2.67. The number of nitrogens with two attached hydrogens (primary N) is 1. The van der Waals surface area contributed by atoms with Crippen LogP contribution in [-0.4, -0.2) is 25.5 Å². The Labute approximate surface area is 119 Å². The summed E-state index contributed by atoms with van der Waals surface area (Å²) in [5.74, 6) is 5.91. The molecule has 1 aliphatic heterocycles. The summed E-state index contributed by atoms with van der Waals surface area (Å²) in [5, 5.41) is -0.335. The Balaban J connectivity index is 2.11. The Morgan fingerprint density at radius 2 is 2.16 bits per heavy atom. The van der Waals surface area contributed by atoms with Gasteiger partial charge in [-0.05, 0) is 37.8 Å². The molecular weight excluding hydrogens is 280 g/mol. The van der Waals surface area contributed by atoms with Gasteiger partial charge in [-0.1, -0.05) is 13.3 Å². The van der Waals surface area contributed by atoms with Crippen LogP contribution in [0.25, 0.3) is 0 Å². The van der Waals surface area contributed by atoms with E-state index in [1.54, 1.807) is 11.3 Å². The third-order valence-corrected chi connectivity index (χ3v) is 7.37. The van der Waals surface area contributed by atoms with Crippen LogP contribution < -0.4 is 11.3 Å². The summed E-state index contributed by atoms with van der Waals surface area (Å²) in [6.07, 6.45) is 4.21. The Morgan fingerprint density at radius 1 is 1.42 bits per heavy atom. The van der Waals surface area contributed by atoms with Crippen LogP contribution in [0.3, 0.4) is 0 Å². The fraction of sp³-hybridized carbons (Fsp3) is 0.692. The van der Waals surface area contributed by atoms with E-state index in [2.05, 4.69) is 24.5 Å². The fourth-order valence-corrected chi connectivity index (χ4v) is 5.79. The van der Waals surface area contributed by atoms with Crippen LogP contribution in [0.2, 0.25) is 0 Å². The van der Waals surface area contributed by atoms with Crippen molar-refractivity contribution in [2.24, 2.45) is 5.84 Å². The molecule has 2 atom stereocenters. The van der Waals surface area contributed by atoms with Gasteiger partial charge in [0, 0.05) is 15.8 Å². The number of thiophene rings is 1. The summed E-state index contributed by atoms with van der Waals surface area (Å²) >= 11 is 1.75. The second-order valence-corrected chi connectivity index (χ2v) is 8.69. The van der Waals surface area contributed by atoms with Crippen molar-refractivity contribution in [3.05, 3.63) is 21.9 Å². The van der Waals surface area contributed by atoms with Gasteiger partial charge in [-0.15, -0.1) is 11.3 Å². The van der Waals surface area contributed by atoms with Gasteiger partial charge < -0.3 is 0 Å². The highest BCUT2D eigenvalue weighted by atomic mass is 32.2. The number of nitrogens with one attached hydrogen (secondary N) is 1. The first kappa shape index (κ1) is 15.0. The summed E-state index contributed by atoms with van der Waals surface area (Å²) in [4.78, 5) is 2.54. The van der Waals surface area contributed by atoms with Crippen LogP contribution in [0.1, 0.15) is 35.9 Å². The molecule has 108 valence electrons. The number of rotatable bonds is 5. The molecule has 19 heavy (non-hydrogen) atoms. The molecule has 2 unspecified atom stereocenters. The Bertz CT molecular complexity index is 510. The van der Waals surface area contributed by atoms with Crippen LogP contribution in [0, 0.1) is 0 Å². The van der Waals surface area contributed by atoms with E-state index in [1.165, 1.54) is 9.75 Å². The quantitative estimate of drug-likeness (QED) is 0.641. The van der Waals surface area contributed by atoms with E-state index in [9.17, 15) is 8.42 Å². The minimum atomic E-state index is -2.99. The number of sulfone groups is 1. The van der Waals surface area contributed by atoms with Crippen molar-refractivity contribution in [3.8, 4) is 0 Å². The lowest BCUT2D eigenvalue weighted by molar-refractivity contribution is 0.442. The van der Waals surface area contributed by atoms with Gasteiger partial charge >= 0.3 is 0 Å². The average Bonchev–Trinajstić information content (AvgIpc) is 2.84. The molecule has 0 saturated carbocycles. The van der Waals surface area contributed by atoms with Crippen molar-refractivity contribution in [1.82, 2.24) is 5.43 Å². The van der Waals surface area contributed by atoms with Gasteiger partial charge in [-0.25, -0.2) is 8.42 Å². The Morgan fingerprint density at radius 3 is 2.74 bits per heavy atom. The van der Waals surface area contributed by atoms with Crippen molar-refractivity contribution in [3.63, 3.8) is 0 Å². The molecule has 0 spiro atoms. The van der Waals surface area contributed by atoms with Crippen molar-refractivity contribution >= 4 is 21.2 Å². The highest BCUT2D eigenvalue weighted by Crippen LogP contribution is 2.26. The van der Waals surface area contributed by atoms with Gasteiger partial charge in [0.25, 0.3) is 0 Å². The maximum absolute atomic E-state index is 12.1. The van der Waals surface area contributed by atoms with Crippen molar-refractivity contribution < 1.29 is 8.42 Å². The molecule has 0 amide bonds. The zero-order valence-corrected chi connectivity index (χ0v) is 12.9. The highest BCUT2D eigenvalue weighted by Gasteiger charge is 2.35. The first-order valence-corrected chi connectivity index (χ1v) is 9.35. The van der Waals surface area contributed by atoms with E-state index in [4.69, 9.17) is 5.84 Å². The third kappa shape index (κ3) is 3.56. The van der Waals surface area contributed by atoms with E-state index >= 15 is 0 Å². The predicted molar refractivity (Wildman–Crippen MR) is 79.9 cm³/mol. The number of hydrogen-bond acceptors (Lipinski definition) is 5.